The minimum Gasteiger partial charge on any atom is -0.406 e. The Morgan fingerprint density at radius 2 is 1.68 bits per heavy atom. The van der Waals surface area contributed by atoms with Crippen LogP contribution in [0.3, 0.4) is 0 Å². The van der Waals surface area contributed by atoms with Crippen molar-refractivity contribution in [3.05, 3.63) is 29.8 Å². The average Bonchev–Trinajstić information content (AvgIpc) is 2.29. The molecule has 2 nitrogen and oxygen atoms in total. The second-order valence-corrected chi connectivity index (χ2v) is 5.11. The molecule has 0 aliphatic heterocycles. The number of ether oxygens (including phenoxy) is 1. The number of benzene rings is 1. The lowest BCUT2D eigenvalue weighted by Gasteiger charge is -2.32. The van der Waals surface area contributed by atoms with Gasteiger partial charge in [-0.1, -0.05) is 32.9 Å². The quantitative estimate of drug-likeness (QED) is 0.884. The van der Waals surface area contributed by atoms with Gasteiger partial charge in [-0.05, 0) is 36.5 Å². The van der Waals surface area contributed by atoms with Gasteiger partial charge in [0.1, 0.15) is 5.75 Å². The molecule has 5 heteroatoms. The van der Waals surface area contributed by atoms with E-state index in [-0.39, 0.29) is 11.3 Å². The number of alkyl halides is 3. The van der Waals surface area contributed by atoms with Crippen LogP contribution in [0.4, 0.5) is 13.2 Å². The van der Waals surface area contributed by atoms with Crippen LogP contribution in [0.1, 0.15) is 32.8 Å². The number of halogens is 3. The Labute approximate surface area is 111 Å². The van der Waals surface area contributed by atoms with Crippen molar-refractivity contribution in [1.29, 1.82) is 0 Å². The van der Waals surface area contributed by atoms with E-state index in [1.54, 1.807) is 12.1 Å². The first kappa shape index (κ1) is 15.8. The van der Waals surface area contributed by atoms with E-state index in [4.69, 9.17) is 5.73 Å². The van der Waals surface area contributed by atoms with Crippen LogP contribution in [0.15, 0.2) is 24.3 Å². The van der Waals surface area contributed by atoms with Gasteiger partial charge in [-0.25, -0.2) is 0 Å². The summed E-state index contributed by atoms with van der Waals surface area (Å²) in [6.45, 7) is 6.11. The summed E-state index contributed by atoms with van der Waals surface area (Å²) in [6.07, 6.45) is -3.21. The van der Waals surface area contributed by atoms with Crippen molar-refractivity contribution < 1.29 is 17.9 Å². The van der Waals surface area contributed by atoms with Gasteiger partial charge in [0, 0.05) is 5.54 Å². The van der Waals surface area contributed by atoms with Gasteiger partial charge in [0.25, 0.3) is 0 Å². The van der Waals surface area contributed by atoms with Crippen LogP contribution in [0, 0.1) is 5.92 Å². The molecule has 0 heterocycles. The maximum Gasteiger partial charge on any atom is 0.573 e. The second-order valence-electron chi connectivity index (χ2n) is 5.11. The van der Waals surface area contributed by atoms with Crippen LogP contribution in [0.25, 0.3) is 0 Å². The van der Waals surface area contributed by atoms with Gasteiger partial charge in [0.15, 0.2) is 0 Å². The zero-order valence-corrected chi connectivity index (χ0v) is 11.4. The van der Waals surface area contributed by atoms with Crippen molar-refractivity contribution in [3.8, 4) is 5.75 Å². The predicted octanol–water partition coefficient (Wildman–Crippen LogP) is 3.89. The zero-order valence-electron chi connectivity index (χ0n) is 11.4. The van der Waals surface area contributed by atoms with Crippen LogP contribution in [-0.2, 0) is 6.42 Å². The highest BCUT2D eigenvalue weighted by Gasteiger charge is 2.31. The van der Waals surface area contributed by atoms with Gasteiger partial charge in [0.2, 0.25) is 0 Å². The molecule has 0 aliphatic carbocycles. The Morgan fingerprint density at radius 1 is 1.16 bits per heavy atom. The van der Waals surface area contributed by atoms with Crippen molar-refractivity contribution in [2.45, 2.75) is 45.5 Å². The Bertz CT molecular complexity index is 400. The molecular formula is C14H20F3NO. The third-order valence-corrected chi connectivity index (χ3v) is 3.50. The summed E-state index contributed by atoms with van der Waals surface area (Å²) in [4.78, 5) is 0. The van der Waals surface area contributed by atoms with Crippen molar-refractivity contribution in [2.75, 3.05) is 0 Å². The van der Waals surface area contributed by atoms with Gasteiger partial charge < -0.3 is 10.5 Å². The lowest BCUT2D eigenvalue weighted by molar-refractivity contribution is -0.274. The maximum absolute atomic E-state index is 12.0. The summed E-state index contributed by atoms with van der Waals surface area (Å²) in [7, 11) is 0. The van der Waals surface area contributed by atoms with E-state index in [0.717, 1.165) is 12.0 Å². The van der Waals surface area contributed by atoms with Crippen LogP contribution < -0.4 is 10.5 Å². The third-order valence-electron chi connectivity index (χ3n) is 3.50. The fourth-order valence-corrected chi connectivity index (χ4v) is 1.93. The molecule has 0 radical (unpaired) electrons. The minimum atomic E-state index is -4.65. The number of rotatable bonds is 5. The molecule has 1 atom stereocenters. The van der Waals surface area contributed by atoms with Gasteiger partial charge in [-0.15, -0.1) is 13.2 Å². The first-order chi connectivity index (χ1) is 8.66. The molecule has 0 amide bonds. The smallest absolute Gasteiger partial charge is 0.406 e. The Hall–Kier alpha value is -1.23. The van der Waals surface area contributed by atoms with Crippen molar-refractivity contribution in [2.24, 2.45) is 11.7 Å². The molecule has 19 heavy (non-hydrogen) atoms. The summed E-state index contributed by atoms with van der Waals surface area (Å²) in [5, 5.41) is 0. The fourth-order valence-electron chi connectivity index (χ4n) is 1.93. The maximum atomic E-state index is 12.0. The molecule has 1 unspecified atom stereocenters. The van der Waals surface area contributed by atoms with Crippen LogP contribution in [-0.4, -0.2) is 11.9 Å². The molecule has 0 aromatic heterocycles. The molecule has 1 rings (SSSR count). The summed E-state index contributed by atoms with van der Waals surface area (Å²) < 4.78 is 39.9. The monoisotopic (exact) mass is 275 g/mol. The van der Waals surface area contributed by atoms with Gasteiger partial charge in [-0.2, -0.15) is 0 Å². The van der Waals surface area contributed by atoms with Crippen molar-refractivity contribution in [1.82, 2.24) is 0 Å². The van der Waals surface area contributed by atoms with Crippen LogP contribution in [0.5, 0.6) is 5.75 Å². The summed E-state index contributed by atoms with van der Waals surface area (Å²) in [6, 6.07) is 5.89. The molecular weight excluding hydrogens is 255 g/mol. The lowest BCUT2D eigenvalue weighted by Crippen LogP contribution is -2.46. The second kappa shape index (κ2) is 5.82. The normalized spacial score (nSPS) is 15.4. The number of hydrogen-bond donors (Lipinski definition) is 1. The molecule has 0 saturated heterocycles. The van der Waals surface area contributed by atoms with E-state index in [9.17, 15) is 13.2 Å². The molecule has 2 N–H and O–H groups in total. The summed E-state index contributed by atoms with van der Waals surface area (Å²) in [5.74, 6) is 0.0866. The third kappa shape index (κ3) is 4.74. The Morgan fingerprint density at radius 3 is 2.05 bits per heavy atom. The molecule has 1 aromatic carbocycles. The highest BCUT2D eigenvalue weighted by molar-refractivity contribution is 5.28. The zero-order chi connectivity index (χ0) is 14.7. The van der Waals surface area contributed by atoms with E-state index in [1.165, 1.54) is 12.1 Å². The topological polar surface area (TPSA) is 35.2 Å². The van der Waals surface area contributed by atoms with Gasteiger partial charge >= 0.3 is 6.36 Å². The molecule has 0 spiro atoms. The van der Waals surface area contributed by atoms with E-state index in [2.05, 4.69) is 4.74 Å². The SMILES string of the molecule is CCC(N)(Cc1ccc(OC(F)(F)F)cc1)C(C)C. The molecule has 0 fully saturated rings. The first-order valence-corrected chi connectivity index (χ1v) is 6.30. The number of hydrogen-bond acceptors (Lipinski definition) is 2. The van der Waals surface area contributed by atoms with Crippen LogP contribution in [0.2, 0.25) is 0 Å². The summed E-state index contributed by atoms with van der Waals surface area (Å²) in [5.41, 5.74) is 6.87. The number of nitrogens with two attached hydrogens (primary N) is 1. The molecule has 0 bridgehead atoms. The standard InChI is InChI=1S/C14H20F3NO/c1-4-13(18,10(2)3)9-11-5-7-12(8-6-11)19-14(15,16)17/h5-8,10H,4,9,18H2,1-3H3. The molecule has 1 aromatic rings. The van der Waals surface area contributed by atoms with E-state index in [0.29, 0.717) is 12.3 Å². The fraction of sp³-hybridized carbons (Fsp3) is 0.571. The predicted molar refractivity (Wildman–Crippen MR) is 68.9 cm³/mol. The van der Waals surface area contributed by atoms with Gasteiger partial charge in [-0.3, -0.25) is 0 Å². The van der Waals surface area contributed by atoms with Crippen molar-refractivity contribution >= 4 is 0 Å². The molecule has 0 aliphatic rings. The average molecular weight is 275 g/mol. The highest BCUT2D eigenvalue weighted by atomic mass is 19.4. The van der Waals surface area contributed by atoms with E-state index < -0.39 is 6.36 Å². The van der Waals surface area contributed by atoms with Crippen molar-refractivity contribution in [3.63, 3.8) is 0 Å². The first-order valence-electron chi connectivity index (χ1n) is 6.30. The molecule has 108 valence electrons. The molecule has 0 saturated carbocycles. The Kier molecular flexibility index (Phi) is 4.85. The highest BCUT2D eigenvalue weighted by Crippen LogP contribution is 2.26. The lowest BCUT2D eigenvalue weighted by atomic mass is 9.80. The Balaban J connectivity index is 2.77. The van der Waals surface area contributed by atoms with Crippen LogP contribution >= 0.6 is 0 Å². The summed E-state index contributed by atoms with van der Waals surface area (Å²) >= 11 is 0. The van der Waals surface area contributed by atoms with Gasteiger partial charge in [0.05, 0.1) is 0 Å². The van der Waals surface area contributed by atoms with E-state index >= 15 is 0 Å². The minimum absolute atomic E-state index is 0.208. The largest absolute Gasteiger partial charge is 0.573 e. The van der Waals surface area contributed by atoms with E-state index in [1.807, 2.05) is 20.8 Å².